The summed E-state index contributed by atoms with van der Waals surface area (Å²) in [6.07, 6.45) is -0.420. The van der Waals surface area contributed by atoms with Gasteiger partial charge in [0.25, 0.3) is 0 Å². The summed E-state index contributed by atoms with van der Waals surface area (Å²) in [5.41, 5.74) is 0.310. The number of carbonyl (C=O) groups excluding carboxylic acids is 1. The number of anilines is 1. The fraction of sp³-hybridized carbons (Fsp3) is 0.308. The molecule has 1 amide bonds. The maximum Gasteiger partial charge on any atom is 0.412 e. The van der Waals surface area contributed by atoms with Gasteiger partial charge in [-0.3, -0.25) is 5.32 Å². The van der Waals surface area contributed by atoms with E-state index in [4.69, 9.17) is 4.74 Å². The Morgan fingerprint density at radius 1 is 1.29 bits per heavy atom. The molecule has 0 saturated carbocycles. The van der Waals surface area contributed by atoms with Crippen molar-refractivity contribution in [2.24, 2.45) is 0 Å². The van der Waals surface area contributed by atoms with Crippen LogP contribution in [0.1, 0.15) is 20.8 Å². The first-order valence-electron chi connectivity index (χ1n) is 5.42. The van der Waals surface area contributed by atoms with Crippen LogP contribution in [0.4, 0.5) is 10.5 Å². The molecule has 0 unspecified atom stereocenters. The summed E-state index contributed by atoms with van der Waals surface area (Å²) in [6, 6.07) is 7.82. The van der Waals surface area contributed by atoms with Crippen LogP contribution in [0.2, 0.25) is 0 Å². The first-order valence-corrected chi connectivity index (χ1v) is 6.30. The van der Waals surface area contributed by atoms with Crippen LogP contribution >= 0.6 is 11.3 Å². The van der Waals surface area contributed by atoms with Gasteiger partial charge in [0.05, 0.1) is 5.69 Å². The molecule has 4 heteroatoms. The number of fused-ring (bicyclic) bond motifs is 1. The van der Waals surface area contributed by atoms with Gasteiger partial charge >= 0.3 is 6.09 Å². The summed E-state index contributed by atoms with van der Waals surface area (Å²) >= 11 is 1.65. The van der Waals surface area contributed by atoms with Crippen molar-refractivity contribution in [1.82, 2.24) is 0 Å². The first kappa shape index (κ1) is 11.9. The van der Waals surface area contributed by atoms with Crippen LogP contribution in [-0.4, -0.2) is 11.7 Å². The van der Waals surface area contributed by atoms with Crippen molar-refractivity contribution in [1.29, 1.82) is 0 Å². The average molecular weight is 249 g/mol. The summed E-state index contributed by atoms with van der Waals surface area (Å²) in [4.78, 5) is 11.7. The van der Waals surface area contributed by atoms with Crippen LogP contribution in [0, 0.1) is 0 Å². The largest absolute Gasteiger partial charge is 0.444 e. The van der Waals surface area contributed by atoms with Gasteiger partial charge in [0.15, 0.2) is 0 Å². The van der Waals surface area contributed by atoms with Crippen molar-refractivity contribution >= 4 is 33.2 Å². The average Bonchev–Trinajstić information content (AvgIpc) is 2.63. The molecule has 1 heterocycles. The molecule has 90 valence electrons. The minimum atomic E-state index is -0.480. The Balaban J connectivity index is 2.18. The summed E-state index contributed by atoms with van der Waals surface area (Å²) in [5.74, 6) is 0. The van der Waals surface area contributed by atoms with Gasteiger partial charge in [0, 0.05) is 10.1 Å². The molecule has 2 rings (SSSR count). The zero-order valence-corrected chi connectivity index (χ0v) is 10.9. The summed E-state index contributed by atoms with van der Waals surface area (Å²) < 4.78 is 6.37. The van der Waals surface area contributed by atoms with Crippen molar-refractivity contribution in [3.8, 4) is 0 Å². The highest BCUT2D eigenvalue weighted by molar-refractivity contribution is 7.17. The fourth-order valence-electron chi connectivity index (χ4n) is 1.52. The second-order valence-corrected chi connectivity index (χ2v) is 5.71. The molecule has 0 fully saturated rings. The zero-order valence-electron chi connectivity index (χ0n) is 10.1. The van der Waals surface area contributed by atoms with Gasteiger partial charge in [-0.15, -0.1) is 11.3 Å². The van der Waals surface area contributed by atoms with E-state index >= 15 is 0 Å². The fourth-order valence-corrected chi connectivity index (χ4v) is 2.33. The molecule has 0 bridgehead atoms. The Labute approximate surface area is 104 Å². The number of rotatable bonds is 1. The summed E-state index contributed by atoms with van der Waals surface area (Å²) in [6.45, 7) is 5.53. The molecule has 0 spiro atoms. The number of ether oxygens (including phenoxy) is 1. The Morgan fingerprint density at radius 3 is 2.76 bits per heavy atom. The lowest BCUT2D eigenvalue weighted by molar-refractivity contribution is 0.0636. The van der Waals surface area contributed by atoms with E-state index in [0.717, 1.165) is 15.8 Å². The molecule has 1 aromatic carbocycles. The molecule has 17 heavy (non-hydrogen) atoms. The quantitative estimate of drug-likeness (QED) is 0.820. The van der Waals surface area contributed by atoms with E-state index in [9.17, 15) is 4.79 Å². The topological polar surface area (TPSA) is 38.3 Å². The lowest BCUT2D eigenvalue weighted by Crippen LogP contribution is -2.27. The highest BCUT2D eigenvalue weighted by Crippen LogP contribution is 2.28. The third-order valence-corrected chi connectivity index (χ3v) is 3.01. The maximum atomic E-state index is 11.7. The molecule has 0 aliphatic rings. The highest BCUT2D eigenvalue weighted by Gasteiger charge is 2.16. The molecule has 0 saturated heterocycles. The van der Waals surface area contributed by atoms with E-state index in [1.807, 2.05) is 50.4 Å². The smallest absolute Gasteiger partial charge is 0.412 e. The van der Waals surface area contributed by atoms with Crippen LogP contribution in [0.15, 0.2) is 29.6 Å². The predicted octanol–water partition coefficient (Wildman–Crippen LogP) is 4.25. The van der Waals surface area contributed by atoms with E-state index in [-0.39, 0.29) is 0 Å². The zero-order chi connectivity index (χ0) is 12.5. The second kappa shape index (κ2) is 4.37. The van der Waals surface area contributed by atoms with Crippen LogP contribution in [-0.2, 0) is 4.74 Å². The minimum Gasteiger partial charge on any atom is -0.444 e. The van der Waals surface area contributed by atoms with Crippen molar-refractivity contribution < 1.29 is 9.53 Å². The summed E-state index contributed by atoms with van der Waals surface area (Å²) in [5, 5.41) is 5.82. The third kappa shape index (κ3) is 2.97. The second-order valence-electron chi connectivity index (χ2n) is 4.76. The molecule has 0 aliphatic carbocycles. The SMILES string of the molecule is CC(C)(C)OC(=O)Nc1cccc2sccc12. The Morgan fingerprint density at radius 2 is 2.06 bits per heavy atom. The molecule has 2 aromatic rings. The third-order valence-electron chi connectivity index (χ3n) is 2.13. The van der Waals surface area contributed by atoms with Crippen LogP contribution in [0.25, 0.3) is 10.1 Å². The molecule has 0 radical (unpaired) electrons. The monoisotopic (exact) mass is 249 g/mol. The Kier molecular flexibility index (Phi) is 3.07. The number of amides is 1. The number of hydrogen-bond acceptors (Lipinski definition) is 3. The Bertz CT molecular complexity index is 540. The summed E-state index contributed by atoms with van der Waals surface area (Å²) in [7, 11) is 0. The van der Waals surface area contributed by atoms with Crippen LogP contribution in [0.3, 0.4) is 0 Å². The Hall–Kier alpha value is -1.55. The molecule has 1 aromatic heterocycles. The van der Waals surface area contributed by atoms with E-state index in [2.05, 4.69) is 5.32 Å². The number of nitrogens with one attached hydrogen (secondary N) is 1. The molecule has 0 aliphatic heterocycles. The molecular formula is C13H15NO2S. The van der Waals surface area contributed by atoms with E-state index < -0.39 is 11.7 Å². The first-order chi connectivity index (χ1) is 7.96. The van der Waals surface area contributed by atoms with Crippen molar-refractivity contribution in [2.45, 2.75) is 26.4 Å². The number of benzene rings is 1. The van der Waals surface area contributed by atoms with Gasteiger partial charge in [-0.1, -0.05) is 6.07 Å². The minimum absolute atomic E-state index is 0.420. The van der Waals surface area contributed by atoms with Gasteiger partial charge in [0.2, 0.25) is 0 Å². The number of carbonyl (C=O) groups is 1. The van der Waals surface area contributed by atoms with Gasteiger partial charge < -0.3 is 4.74 Å². The van der Waals surface area contributed by atoms with Crippen molar-refractivity contribution in [3.05, 3.63) is 29.6 Å². The number of hydrogen-bond donors (Lipinski definition) is 1. The predicted molar refractivity (Wildman–Crippen MR) is 71.7 cm³/mol. The lowest BCUT2D eigenvalue weighted by atomic mass is 10.2. The van der Waals surface area contributed by atoms with Gasteiger partial charge in [0.1, 0.15) is 5.60 Å². The van der Waals surface area contributed by atoms with Gasteiger partial charge in [-0.2, -0.15) is 0 Å². The van der Waals surface area contributed by atoms with Gasteiger partial charge in [-0.25, -0.2) is 4.79 Å². The highest BCUT2D eigenvalue weighted by atomic mass is 32.1. The number of thiophene rings is 1. The molecule has 1 N–H and O–H groups in total. The van der Waals surface area contributed by atoms with E-state index in [0.29, 0.717) is 0 Å². The van der Waals surface area contributed by atoms with Gasteiger partial charge in [-0.05, 0) is 44.4 Å². The van der Waals surface area contributed by atoms with Crippen LogP contribution in [0.5, 0.6) is 0 Å². The van der Waals surface area contributed by atoms with Crippen molar-refractivity contribution in [2.75, 3.05) is 5.32 Å². The molecular weight excluding hydrogens is 234 g/mol. The standard InChI is InChI=1S/C13H15NO2S/c1-13(2,3)16-12(15)14-10-5-4-6-11-9(10)7-8-17-11/h4-8H,1-3H3,(H,14,15). The molecule has 3 nitrogen and oxygen atoms in total. The van der Waals surface area contributed by atoms with E-state index in [1.54, 1.807) is 11.3 Å². The normalized spacial score (nSPS) is 11.5. The van der Waals surface area contributed by atoms with E-state index in [1.165, 1.54) is 0 Å². The molecule has 0 atom stereocenters. The maximum absolute atomic E-state index is 11.7. The van der Waals surface area contributed by atoms with Crippen molar-refractivity contribution in [3.63, 3.8) is 0 Å². The lowest BCUT2D eigenvalue weighted by Gasteiger charge is -2.19. The van der Waals surface area contributed by atoms with Crippen LogP contribution < -0.4 is 5.32 Å².